The van der Waals surface area contributed by atoms with E-state index >= 15 is 0 Å². The summed E-state index contributed by atoms with van der Waals surface area (Å²) in [6.07, 6.45) is 0.560. The minimum Gasteiger partial charge on any atom is -0.453 e. The zero-order valence-electron chi connectivity index (χ0n) is 8.44. The van der Waals surface area contributed by atoms with Gasteiger partial charge in [0.15, 0.2) is 12.0 Å². The zero-order valence-corrected chi connectivity index (χ0v) is 12.2. The Kier molecular flexibility index (Phi) is 4.15. The topological polar surface area (TPSA) is 30.2 Å². The third-order valence-electron chi connectivity index (χ3n) is 2.20. The van der Waals surface area contributed by atoms with E-state index in [0.29, 0.717) is 11.8 Å². The van der Waals surface area contributed by atoms with Gasteiger partial charge in [0, 0.05) is 0 Å². The van der Waals surface area contributed by atoms with Gasteiger partial charge in [-0.05, 0) is 12.1 Å². The summed E-state index contributed by atoms with van der Waals surface area (Å²) < 4.78 is 5.23. The van der Waals surface area contributed by atoms with E-state index in [0.717, 1.165) is 0 Å². The van der Waals surface area contributed by atoms with Gasteiger partial charge in [0.2, 0.25) is 0 Å². The van der Waals surface area contributed by atoms with Crippen LogP contribution in [-0.4, -0.2) is 6.29 Å². The molecule has 0 aliphatic carbocycles. The molecule has 0 fully saturated rings. The molecule has 0 aliphatic rings. The summed E-state index contributed by atoms with van der Waals surface area (Å²) in [4.78, 5) is 10.6. The van der Waals surface area contributed by atoms with Crippen LogP contribution in [-0.2, 0) is 0 Å². The Morgan fingerprint density at radius 1 is 0.833 bits per heavy atom. The second kappa shape index (κ2) is 5.32. The Morgan fingerprint density at radius 3 is 1.78 bits per heavy atom. The van der Waals surface area contributed by atoms with Gasteiger partial charge in [0.1, 0.15) is 5.76 Å². The minimum atomic E-state index is 0.0688. The van der Waals surface area contributed by atoms with E-state index in [-0.39, 0.29) is 36.6 Å². The van der Waals surface area contributed by atoms with E-state index in [1.807, 2.05) is 0 Å². The van der Waals surface area contributed by atoms with Crippen molar-refractivity contribution in [2.75, 3.05) is 0 Å². The van der Waals surface area contributed by atoms with Gasteiger partial charge in [0.05, 0.1) is 30.7 Å². The van der Waals surface area contributed by atoms with E-state index in [4.69, 9.17) is 62.4 Å². The van der Waals surface area contributed by atoms with Crippen LogP contribution in [0.2, 0.25) is 25.1 Å². The van der Waals surface area contributed by atoms with Gasteiger partial charge >= 0.3 is 0 Å². The maximum Gasteiger partial charge on any atom is 0.185 e. The van der Waals surface area contributed by atoms with E-state index in [2.05, 4.69) is 0 Å². The first-order chi connectivity index (χ1) is 8.47. The maximum atomic E-state index is 10.6. The van der Waals surface area contributed by atoms with E-state index in [1.165, 1.54) is 12.1 Å². The largest absolute Gasteiger partial charge is 0.453 e. The Bertz CT molecular complexity index is 604. The monoisotopic (exact) mass is 342 g/mol. The van der Waals surface area contributed by atoms with Crippen LogP contribution in [0.1, 0.15) is 10.6 Å². The number of furan rings is 1. The van der Waals surface area contributed by atoms with Gasteiger partial charge in [-0.3, -0.25) is 4.79 Å². The molecule has 1 aromatic heterocycles. The van der Waals surface area contributed by atoms with E-state index in [1.54, 1.807) is 0 Å². The molecule has 0 amide bonds. The molecule has 94 valence electrons. The molecule has 0 radical (unpaired) electrons. The van der Waals surface area contributed by atoms with Gasteiger partial charge in [-0.15, -0.1) is 0 Å². The smallest absolute Gasteiger partial charge is 0.185 e. The number of benzene rings is 1. The van der Waals surface area contributed by atoms with Crippen LogP contribution in [0.5, 0.6) is 0 Å². The predicted octanol–water partition coefficient (Wildman–Crippen LogP) is 6.03. The predicted molar refractivity (Wildman–Crippen MR) is 74.6 cm³/mol. The van der Waals surface area contributed by atoms with E-state index in [9.17, 15) is 4.79 Å². The van der Waals surface area contributed by atoms with Gasteiger partial charge in [-0.25, -0.2) is 0 Å². The molecule has 0 saturated heterocycles. The summed E-state index contributed by atoms with van der Waals surface area (Å²) in [5.41, 5.74) is 0.297. The second-order valence-electron chi connectivity index (χ2n) is 3.26. The molecule has 7 heteroatoms. The summed E-state index contributed by atoms with van der Waals surface area (Å²) in [6.45, 7) is 0. The Hall–Kier alpha value is -0.380. The fraction of sp³-hybridized carbons (Fsp3) is 0. The molecule has 0 aliphatic heterocycles. The molecule has 2 aromatic rings. The molecular weight excluding hydrogens is 341 g/mol. The molecule has 0 N–H and O–H groups in total. The summed E-state index contributed by atoms with van der Waals surface area (Å²) in [5, 5.41) is 0.448. The number of aldehydes is 1. The Balaban J connectivity index is 2.75. The number of carbonyl (C=O) groups is 1. The van der Waals surface area contributed by atoms with Crippen molar-refractivity contribution in [1.29, 1.82) is 0 Å². The standard InChI is InChI=1S/C11H3Cl5O2/c12-7-6(5-2-1-4(3-17)18-5)8(13)10(15)11(16)9(7)14/h1-3H. The lowest BCUT2D eigenvalue weighted by Gasteiger charge is -2.10. The molecule has 0 atom stereocenters. The van der Waals surface area contributed by atoms with Crippen molar-refractivity contribution in [3.8, 4) is 11.3 Å². The van der Waals surface area contributed by atoms with Crippen LogP contribution < -0.4 is 0 Å². The lowest BCUT2D eigenvalue weighted by atomic mass is 10.1. The highest BCUT2D eigenvalue weighted by atomic mass is 35.5. The fourth-order valence-electron chi connectivity index (χ4n) is 1.37. The van der Waals surface area contributed by atoms with Crippen LogP contribution in [0.3, 0.4) is 0 Å². The van der Waals surface area contributed by atoms with Crippen LogP contribution in [0.4, 0.5) is 0 Å². The van der Waals surface area contributed by atoms with Crippen molar-refractivity contribution in [2.24, 2.45) is 0 Å². The van der Waals surface area contributed by atoms with Crippen molar-refractivity contribution in [3.05, 3.63) is 43.0 Å². The van der Waals surface area contributed by atoms with Crippen molar-refractivity contribution in [1.82, 2.24) is 0 Å². The maximum absolute atomic E-state index is 10.6. The van der Waals surface area contributed by atoms with Gasteiger partial charge < -0.3 is 4.42 Å². The molecule has 0 unspecified atom stereocenters. The lowest BCUT2D eigenvalue weighted by Crippen LogP contribution is -1.85. The first kappa shape index (κ1) is 14.0. The number of carbonyl (C=O) groups excluding carboxylic acids is 1. The first-order valence-corrected chi connectivity index (χ1v) is 6.43. The number of hydrogen-bond acceptors (Lipinski definition) is 2. The van der Waals surface area contributed by atoms with Crippen molar-refractivity contribution < 1.29 is 9.21 Å². The molecule has 1 aromatic carbocycles. The summed E-state index contributed by atoms with van der Waals surface area (Å²) in [6, 6.07) is 3.02. The average Bonchev–Trinajstić information content (AvgIpc) is 2.83. The minimum absolute atomic E-state index is 0.0688. The van der Waals surface area contributed by atoms with Crippen LogP contribution >= 0.6 is 58.0 Å². The highest BCUT2D eigenvalue weighted by Crippen LogP contribution is 2.48. The highest BCUT2D eigenvalue weighted by molar-refractivity contribution is 6.56. The van der Waals surface area contributed by atoms with Crippen molar-refractivity contribution in [3.63, 3.8) is 0 Å². The second-order valence-corrected chi connectivity index (χ2v) is 5.15. The quantitative estimate of drug-likeness (QED) is 0.378. The highest BCUT2D eigenvalue weighted by Gasteiger charge is 2.22. The third kappa shape index (κ3) is 2.24. The fourth-order valence-corrected chi connectivity index (χ4v) is 2.70. The normalized spacial score (nSPS) is 10.7. The van der Waals surface area contributed by atoms with Gasteiger partial charge in [-0.2, -0.15) is 0 Å². The Morgan fingerprint density at radius 2 is 1.33 bits per heavy atom. The summed E-state index contributed by atoms with van der Waals surface area (Å²) in [7, 11) is 0. The van der Waals surface area contributed by atoms with Crippen LogP contribution in [0, 0.1) is 0 Å². The average molecular weight is 344 g/mol. The third-order valence-corrected chi connectivity index (χ3v) is 4.48. The SMILES string of the molecule is O=Cc1ccc(-c2c(Cl)c(Cl)c(Cl)c(Cl)c2Cl)o1. The van der Waals surface area contributed by atoms with Crippen LogP contribution in [0.25, 0.3) is 11.3 Å². The molecule has 1 heterocycles. The van der Waals surface area contributed by atoms with Crippen molar-refractivity contribution in [2.45, 2.75) is 0 Å². The van der Waals surface area contributed by atoms with Gasteiger partial charge in [0.25, 0.3) is 0 Å². The molecule has 2 nitrogen and oxygen atoms in total. The summed E-state index contributed by atoms with van der Waals surface area (Å²) in [5.74, 6) is 0.423. The van der Waals surface area contributed by atoms with Crippen LogP contribution in [0.15, 0.2) is 16.5 Å². The molecular formula is C11H3Cl5O2. The number of rotatable bonds is 2. The molecule has 18 heavy (non-hydrogen) atoms. The molecule has 0 spiro atoms. The number of halogens is 5. The Labute approximate surface area is 127 Å². The van der Waals surface area contributed by atoms with Crippen molar-refractivity contribution >= 4 is 64.3 Å². The molecule has 2 rings (SSSR count). The molecule has 0 bridgehead atoms. The number of hydrogen-bond donors (Lipinski definition) is 0. The van der Waals surface area contributed by atoms with Gasteiger partial charge in [-0.1, -0.05) is 58.0 Å². The zero-order chi connectivity index (χ0) is 13.4. The molecule has 0 saturated carbocycles. The lowest BCUT2D eigenvalue weighted by molar-refractivity contribution is 0.110. The summed E-state index contributed by atoms with van der Waals surface area (Å²) >= 11 is 29.8. The first-order valence-electron chi connectivity index (χ1n) is 4.54. The van der Waals surface area contributed by atoms with E-state index < -0.39 is 0 Å².